The number of aliphatic hydroxyl groups excluding tert-OH is 1. The summed E-state index contributed by atoms with van der Waals surface area (Å²) in [4.78, 5) is 14.0. The summed E-state index contributed by atoms with van der Waals surface area (Å²) in [5, 5.41) is 28.0. The molecule has 2 rings (SSSR count). The van der Waals surface area contributed by atoms with Crippen molar-refractivity contribution in [3.8, 4) is 5.75 Å². The summed E-state index contributed by atoms with van der Waals surface area (Å²) in [7, 11) is 0. The summed E-state index contributed by atoms with van der Waals surface area (Å²) in [5.41, 5.74) is -0.753. The van der Waals surface area contributed by atoms with E-state index in [0.717, 1.165) is 5.56 Å². The van der Waals surface area contributed by atoms with Crippen molar-refractivity contribution in [1.29, 1.82) is 0 Å². The predicted molar refractivity (Wildman–Crippen MR) is 74.2 cm³/mol. The molecule has 20 heavy (non-hydrogen) atoms. The van der Waals surface area contributed by atoms with Gasteiger partial charge in [-0.1, -0.05) is 26.0 Å². The van der Waals surface area contributed by atoms with E-state index in [4.69, 9.17) is 5.11 Å². The Morgan fingerprint density at radius 1 is 1.30 bits per heavy atom. The van der Waals surface area contributed by atoms with Crippen molar-refractivity contribution < 1.29 is 20.1 Å². The Labute approximate surface area is 118 Å². The van der Waals surface area contributed by atoms with Crippen LogP contribution in [-0.4, -0.2) is 51.4 Å². The smallest absolute Gasteiger partial charge is 0.228 e. The number of nitrogens with zero attached hydrogens (tertiary/aromatic N) is 1. The molecule has 1 aliphatic heterocycles. The van der Waals surface area contributed by atoms with Crippen LogP contribution in [0.25, 0.3) is 0 Å². The summed E-state index contributed by atoms with van der Waals surface area (Å²) in [6.45, 7) is 3.76. The first-order valence-electron chi connectivity index (χ1n) is 6.66. The van der Waals surface area contributed by atoms with Crippen LogP contribution < -0.4 is 0 Å². The molecular formula is C15H21NO4. The van der Waals surface area contributed by atoms with Crippen molar-refractivity contribution in [2.75, 3.05) is 19.7 Å². The van der Waals surface area contributed by atoms with Crippen LogP contribution in [-0.2, 0) is 11.2 Å². The van der Waals surface area contributed by atoms with Gasteiger partial charge in [-0.15, -0.1) is 0 Å². The molecule has 0 radical (unpaired) electrons. The van der Waals surface area contributed by atoms with Crippen LogP contribution in [0, 0.1) is 5.41 Å². The number of benzene rings is 1. The van der Waals surface area contributed by atoms with Crippen LogP contribution >= 0.6 is 0 Å². The van der Waals surface area contributed by atoms with Gasteiger partial charge in [0, 0.05) is 5.41 Å². The predicted octanol–water partition coefficient (Wildman–Crippen LogP) is 0.526. The minimum atomic E-state index is -1.13. The molecule has 1 aromatic carbocycles. The fraction of sp³-hybridized carbons (Fsp3) is 0.533. The van der Waals surface area contributed by atoms with Crippen LogP contribution in [0.3, 0.4) is 0 Å². The highest BCUT2D eigenvalue weighted by atomic mass is 16.3. The Hall–Kier alpha value is -1.59. The highest BCUT2D eigenvalue weighted by Gasteiger charge is 2.46. The number of rotatable bonds is 4. The Morgan fingerprint density at radius 2 is 1.85 bits per heavy atom. The first-order chi connectivity index (χ1) is 9.26. The highest BCUT2D eigenvalue weighted by Crippen LogP contribution is 2.30. The maximum Gasteiger partial charge on any atom is 0.228 e. The second-order valence-electron chi connectivity index (χ2n) is 6.27. The molecule has 110 valence electrons. The average Bonchev–Trinajstić information content (AvgIpc) is 2.36. The Morgan fingerprint density at radius 3 is 2.35 bits per heavy atom. The first kappa shape index (κ1) is 14.8. The Kier molecular flexibility index (Phi) is 3.75. The number of hydrogen-bond acceptors (Lipinski definition) is 4. The number of β-amino-alcohol motifs (C(OH)–C–C–N with tert-alkyl or cyclic N) is 1. The van der Waals surface area contributed by atoms with Crippen LogP contribution in [0.1, 0.15) is 19.4 Å². The SMILES string of the molecule is CC(C)(Cc1ccc(O)cc1)C(=O)N1CC(O)(CO)C1. The molecule has 1 aromatic rings. The van der Waals surface area contributed by atoms with E-state index in [1.54, 1.807) is 29.2 Å². The van der Waals surface area contributed by atoms with Gasteiger partial charge in [-0.3, -0.25) is 4.79 Å². The number of carbonyl (C=O) groups is 1. The number of phenols is 1. The van der Waals surface area contributed by atoms with E-state index in [1.807, 2.05) is 13.8 Å². The molecule has 0 atom stereocenters. The van der Waals surface area contributed by atoms with E-state index < -0.39 is 11.0 Å². The molecule has 3 N–H and O–H groups in total. The second-order valence-corrected chi connectivity index (χ2v) is 6.27. The van der Waals surface area contributed by atoms with E-state index in [1.165, 1.54) is 0 Å². The minimum absolute atomic E-state index is 0.0382. The van der Waals surface area contributed by atoms with E-state index in [0.29, 0.717) is 6.42 Å². The van der Waals surface area contributed by atoms with E-state index >= 15 is 0 Å². The van der Waals surface area contributed by atoms with Gasteiger partial charge in [-0.2, -0.15) is 0 Å². The first-order valence-corrected chi connectivity index (χ1v) is 6.66. The second kappa shape index (κ2) is 5.07. The zero-order chi connectivity index (χ0) is 15.0. The van der Waals surface area contributed by atoms with E-state index in [2.05, 4.69) is 0 Å². The van der Waals surface area contributed by atoms with Gasteiger partial charge >= 0.3 is 0 Å². The number of likely N-dealkylation sites (tertiary alicyclic amines) is 1. The number of aliphatic hydroxyl groups is 2. The molecular weight excluding hydrogens is 258 g/mol. The van der Waals surface area contributed by atoms with Gasteiger partial charge in [0.05, 0.1) is 19.7 Å². The highest BCUT2D eigenvalue weighted by molar-refractivity contribution is 5.83. The number of aromatic hydroxyl groups is 1. The third kappa shape index (κ3) is 2.94. The lowest BCUT2D eigenvalue weighted by molar-refractivity contribution is -0.170. The molecule has 1 amide bonds. The molecule has 5 heteroatoms. The summed E-state index contributed by atoms with van der Waals surface area (Å²) in [5.74, 6) is 0.164. The lowest BCUT2D eigenvalue weighted by Gasteiger charge is -2.48. The van der Waals surface area contributed by atoms with Gasteiger partial charge in [0.1, 0.15) is 11.4 Å². The third-order valence-electron chi connectivity index (χ3n) is 3.71. The van der Waals surface area contributed by atoms with Crippen molar-refractivity contribution in [2.24, 2.45) is 5.41 Å². The topological polar surface area (TPSA) is 81.0 Å². The molecule has 0 saturated carbocycles. The van der Waals surface area contributed by atoms with Gasteiger partial charge in [0.2, 0.25) is 5.91 Å². The molecule has 1 saturated heterocycles. The Bertz CT molecular complexity index is 489. The molecule has 1 aliphatic rings. The summed E-state index contributed by atoms with van der Waals surface area (Å²) >= 11 is 0. The van der Waals surface area contributed by atoms with Gasteiger partial charge in [-0.05, 0) is 24.1 Å². The molecule has 0 bridgehead atoms. The van der Waals surface area contributed by atoms with Crippen LogP contribution in [0.2, 0.25) is 0 Å². The number of carbonyl (C=O) groups excluding carboxylic acids is 1. The average molecular weight is 279 g/mol. The van der Waals surface area contributed by atoms with Crippen LogP contribution in [0.15, 0.2) is 24.3 Å². The van der Waals surface area contributed by atoms with Gasteiger partial charge in [0.25, 0.3) is 0 Å². The van der Waals surface area contributed by atoms with Crippen molar-refractivity contribution in [3.05, 3.63) is 29.8 Å². The molecule has 0 aliphatic carbocycles. The van der Waals surface area contributed by atoms with Crippen LogP contribution in [0.5, 0.6) is 5.75 Å². The van der Waals surface area contributed by atoms with E-state index in [9.17, 15) is 15.0 Å². The molecule has 1 heterocycles. The minimum Gasteiger partial charge on any atom is -0.508 e. The van der Waals surface area contributed by atoms with Crippen molar-refractivity contribution in [1.82, 2.24) is 4.90 Å². The fourth-order valence-corrected chi connectivity index (χ4v) is 2.54. The van der Waals surface area contributed by atoms with Gasteiger partial charge in [-0.25, -0.2) is 0 Å². The standard InChI is InChI=1S/C15H21NO4/c1-14(2,7-11-3-5-12(18)6-4-11)13(19)16-8-15(20,9-16)10-17/h3-6,17-18,20H,7-10H2,1-2H3. The monoisotopic (exact) mass is 279 g/mol. The van der Waals surface area contributed by atoms with Crippen molar-refractivity contribution >= 4 is 5.91 Å². The lowest BCUT2D eigenvalue weighted by atomic mass is 9.82. The maximum absolute atomic E-state index is 12.4. The third-order valence-corrected chi connectivity index (χ3v) is 3.71. The summed E-state index contributed by atoms with van der Waals surface area (Å²) < 4.78 is 0. The summed E-state index contributed by atoms with van der Waals surface area (Å²) in [6.07, 6.45) is 0.556. The normalized spacial score (nSPS) is 17.7. The molecule has 0 aromatic heterocycles. The quantitative estimate of drug-likeness (QED) is 0.751. The van der Waals surface area contributed by atoms with Gasteiger partial charge < -0.3 is 20.2 Å². The summed E-state index contributed by atoms with van der Waals surface area (Å²) in [6, 6.07) is 6.79. The zero-order valence-corrected chi connectivity index (χ0v) is 11.8. The number of hydrogen-bond donors (Lipinski definition) is 3. The zero-order valence-electron chi connectivity index (χ0n) is 11.8. The Balaban J connectivity index is 2.00. The molecule has 0 unspecified atom stereocenters. The maximum atomic E-state index is 12.4. The number of amides is 1. The van der Waals surface area contributed by atoms with E-state index in [-0.39, 0.29) is 31.4 Å². The van der Waals surface area contributed by atoms with Crippen molar-refractivity contribution in [2.45, 2.75) is 25.9 Å². The lowest BCUT2D eigenvalue weighted by Crippen LogP contribution is -2.67. The largest absolute Gasteiger partial charge is 0.508 e. The van der Waals surface area contributed by atoms with Crippen molar-refractivity contribution in [3.63, 3.8) is 0 Å². The molecule has 5 nitrogen and oxygen atoms in total. The molecule has 0 spiro atoms. The molecule has 1 fully saturated rings. The number of phenolic OH excluding ortho intramolecular Hbond substituents is 1. The van der Waals surface area contributed by atoms with Crippen LogP contribution in [0.4, 0.5) is 0 Å². The van der Waals surface area contributed by atoms with Gasteiger partial charge in [0.15, 0.2) is 0 Å². The fourth-order valence-electron chi connectivity index (χ4n) is 2.54.